The highest BCUT2D eigenvalue weighted by molar-refractivity contribution is 6.09. The Morgan fingerprint density at radius 1 is 0.500 bits per heavy atom. The number of nitrogens with one attached hydrogen (secondary N) is 2. The average molecular weight is 605 g/mol. The maximum atomic E-state index is 13.2. The normalized spacial score (nSPS) is 12.0. The zero-order chi connectivity index (χ0) is 31.5. The molecular weight excluding hydrogens is 582 g/mol. The Hall–Kier alpha value is -5.38. The van der Waals surface area contributed by atoms with Gasteiger partial charge in [-0.3, -0.25) is 9.59 Å². The van der Waals surface area contributed by atoms with Crippen LogP contribution in [0, 0.1) is 0 Å². The van der Waals surface area contributed by atoms with E-state index in [1.165, 1.54) is 30.3 Å². The fourth-order valence-electron chi connectivity index (χ4n) is 4.47. The van der Waals surface area contributed by atoms with Gasteiger partial charge >= 0.3 is 12.4 Å². The number of halogens is 6. The van der Waals surface area contributed by atoms with Gasteiger partial charge in [0.15, 0.2) is 0 Å². The molecule has 0 spiro atoms. The second kappa shape index (κ2) is 12.1. The third-order valence-electron chi connectivity index (χ3n) is 6.62. The number of carbonyl (C=O) groups excluding carboxylic acids is 2. The number of rotatable bonds is 6. The molecule has 0 saturated heterocycles. The van der Waals surface area contributed by atoms with Crippen molar-refractivity contribution in [1.82, 2.24) is 0 Å². The summed E-state index contributed by atoms with van der Waals surface area (Å²) >= 11 is 0. The van der Waals surface area contributed by atoms with Gasteiger partial charge in [0, 0.05) is 22.5 Å². The Morgan fingerprint density at radius 2 is 1.00 bits per heavy atom. The van der Waals surface area contributed by atoms with E-state index in [4.69, 9.17) is 0 Å². The van der Waals surface area contributed by atoms with Crippen LogP contribution in [0.2, 0.25) is 0 Å². The van der Waals surface area contributed by atoms with Crippen LogP contribution in [0.25, 0.3) is 22.9 Å². The van der Waals surface area contributed by atoms with Gasteiger partial charge < -0.3 is 10.6 Å². The minimum Gasteiger partial charge on any atom is -0.322 e. The SMILES string of the molecule is O=C(Nc1cccc(C(F)(F)F)c1)c1cc(C=Cc2ccc3ccccc3c2)cc(C(=O)Nc2cccc(C(F)(F)F)c2)c1. The Morgan fingerprint density at radius 3 is 1.52 bits per heavy atom. The molecule has 4 nitrogen and oxygen atoms in total. The fraction of sp³-hybridized carbons (Fsp3) is 0.0588. The van der Waals surface area contributed by atoms with Crippen LogP contribution >= 0.6 is 0 Å². The molecule has 222 valence electrons. The molecular formula is C34H22F6N2O2. The fourth-order valence-corrected chi connectivity index (χ4v) is 4.47. The van der Waals surface area contributed by atoms with E-state index in [0.29, 0.717) is 5.56 Å². The largest absolute Gasteiger partial charge is 0.416 e. The maximum absolute atomic E-state index is 13.2. The molecule has 0 aromatic heterocycles. The average Bonchev–Trinajstić information content (AvgIpc) is 2.99. The first-order valence-electron chi connectivity index (χ1n) is 13.1. The van der Waals surface area contributed by atoms with E-state index < -0.39 is 35.3 Å². The van der Waals surface area contributed by atoms with Crippen molar-refractivity contribution in [2.45, 2.75) is 12.4 Å². The molecule has 5 aromatic rings. The summed E-state index contributed by atoms with van der Waals surface area (Å²) in [5.74, 6) is -1.59. The molecule has 0 unspecified atom stereocenters. The molecule has 5 aromatic carbocycles. The summed E-state index contributed by atoms with van der Waals surface area (Å²) in [6.07, 6.45) is -5.84. The van der Waals surface area contributed by atoms with Crippen molar-refractivity contribution >= 4 is 46.1 Å². The summed E-state index contributed by atoms with van der Waals surface area (Å²) < 4.78 is 79.1. The van der Waals surface area contributed by atoms with E-state index in [-0.39, 0.29) is 22.5 Å². The van der Waals surface area contributed by atoms with Gasteiger partial charge in [-0.1, -0.05) is 60.7 Å². The van der Waals surface area contributed by atoms with Gasteiger partial charge in [-0.05, 0) is 82.6 Å². The molecule has 0 bridgehead atoms. The molecule has 0 saturated carbocycles. The molecule has 0 aliphatic carbocycles. The van der Waals surface area contributed by atoms with Crippen LogP contribution in [-0.4, -0.2) is 11.8 Å². The van der Waals surface area contributed by atoms with Crippen molar-refractivity contribution in [1.29, 1.82) is 0 Å². The van der Waals surface area contributed by atoms with Gasteiger partial charge in [-0.25, -0.2) is 0 Å². The smallest absolute Gasteiger partial charge is 0.322 e. The zero-order valence-corrected chi connectivity index (χ0v) is 22.6. The molecule has 0 atom stereocenters. The Bertz CT molecular complexity index is 1800. The lowest BCUT2D eigenvalue weighted by Crippen LogP contribution is -2.17. The molecule has 0 heterocycles. The predicted molar refractivity (Wildman–Crippen MR) is 158 cm³/mol. The monoisotopic (exact) mass is 604 g/mol. The zero-order valence-electron chi connectivity index (χ0n) is 22.6. The number of amides is 2. The van der Waals surface area contributed by atoms with Crippen LogP contribution in [0.1, 0.15) is 43.0 Å². The molecule has 2 amide bonds. The molecule has 2 N–H and O–H groups in total. The molecule has 44 heavy (non-hydrogen) atoms. The van der Waals surface area contributed by atoms with Crippen molar-refractivity contribution in [3.8, 4) is 0 Å². The van der Waals surface area contributed by atoms with Crippen molar-refractivity contribution in [2.75, 3.05) is 10.6 Å². The summed E-state index contributed by atoms with van der Waals surface area (Å²) in [5, 5.41) is 6.85. The Balaban J connectivity index is 1.48. The van der Waals surface area contributed by atoms with Gasteiger partial charge in [0.2, 0.25) is 0 Å². The lowest BCUT2D eigenvalue weighted by atomic mass is 10.0. The summed E-state index contributed by atoms with van der Waals surface area (Å²) in [6, 6.07) is 25.7. The maximum Gasteiger partial charge on any atom is 0.416 e. The molecule has 0 fully saturated rings. The molecule has 0 aliphatic heterocycles. The van der Waals surface area contributed by atoms with E-state index >= 15 is 0 Å². The topological polar surface area (TPSA) is 58.2 Å². The highest BCUT2D eigenvalue weighted by Gasteiger charge is 2.31. The Kier molecular flexibility index (Phi) is 8.26. The minimum absolute atomic E-state index is 0.0581. The number of anilines is 2. The van der Waals surface area contributed by atoms with Gasteiger partial charge in [-0.15, -0.1) is 0 Å². The van der Waals surface area contributed by atoms with Gasteiger partial charge in [0.25, 0.3) is 11.8 Å². The standard InChI is InChI=1S/C34H22F6N2O2/c35-33(36,37)27-7-3-9-29(19-27)41-31(43)25-16-22(12-11-21-13-14-23-5-1-2-6-24(23)15-21)17-26(18-25)32(44)42-30-10-4-8-28(20-30)34(38,39)40/h1-20H,(H,41,43)(H,42,44). The second-order valence-electron chi connectivity index (χ2n) is 9.85. The van der Waals surface area contributed by atoms with E-state index in [0.717, 1.165) is 52.7 Å². The van der Waals surface area contributed by atoms with Crippen molar-refractivity contribution < 1.29 is 35.9 Å². The van der Waals surface area contributed by atoms with Crippen molar-refractivity contribution in [2.24, 2.45) is 0 Å². The van der Waals surface area contributed by atoms with Crippen LogP contribution in [0.15, 0.2) is 109 Å². The number of hydrogen-bond donors (Lipinski definition) is 2. The van der Waals surface area contributed by atoms with E-state index in [2.05, 4.69) is 10.6 Å². The minimum atomic E-state index is -4.62. The highest BCUT2D eigenvalue weighted by atomic mass is 19.4. The first-order chi connectivity index (χ1) is 20.8. The summed E-state index contributed by atoms with van der Waals surface area (Å²) in [5.41, 5.74) is -1.04. The number of fused-ring (bicyclic) bond motifs is 1. The van der Waals surface area contributed by atoms with Gasteiger partial charge in [-0.2, -0.15) is 26.3 Å². The second-order valence-corrected chi connectivity index (χ2v) is 9.85. The number of alkyl halides is 6. The molecule has 0 radical (unpaired) electrons. The van der Waals surface area contributed by atoms with Crippen LogP contribution in [-0.2, 0) is 12.4 Å². The first-order valence-corrected chi connectivity index (χ1v) is 13.1. The predicted octanol–water partition coefficient (Wildman–Crippen LogP) is 9.55. The number of hydrogen-bond acceptors (Lipinski definition) is 2. The van der Waals surface area contributed by atoms with Crippen LogP contribution in [0.5, 0.6) is 0 Å². The van der Waals surface area contributed by atoms with Gasteiger partial charge in [0.05, 0.1) is 11.1 Å². The summed E-state index contributed by atoms with van der Waals surface area (Å²) in [6.45, 7) is 0. The molecule has 5 rings (SSSR count). The lowest BCUT2D eigenvalue weighted by molar-refractivity contribution is -0.138. The molecule has 0 aliphatic rings. The van der Waals surface area contributed by atoms with Crippen LogP contribution in [0.3, 0.4) is 0 Å². The Labute approximate surface area is 247 Å². The van der Waals surface area contributed by atoms with Gasteiger partial charge in [0.1, 0.15) is 0 Å². The van der Waals surface area contributed by atoms with Crippen molar-refractivity contribution in [3.05, 3.63) is 143 Å². The third-order valence-corrected chi connectivity index (χ3v) is 6.62. The van der Waals surface area contributed by atoms with E-state index in [1.54, 1.807) is 12.2 Å². The summed E-state index contributed by atoms with van der Waals surface area (Å²) in [4.78, 5) is 26.3. The quantitative estimate of drug-likeness (QED) is 0.150. The first kappa shape index (κ1) is 30.1. The lowest BCUT2D eigenvalue weighted by Gasteiger charge is -2.12. The number of benzene rings is 5. The highest BCUT2D eigenvalue weighted by Crippen LogP contribution is 2.32. The third kappa shape index (κ3) is 7.33. The number of carbonyl (C=O) groups is 2. The van der Waals surface area contributed by atoms with Crippen LogP contribution in [0.4, 0.5) is 37.7 Å². The van der Waals surface area contributed by atoms with E-state index in [1.807, 2.05) is 42.5 Å². The van der Waals surface area contributed by atoms with E-state index in [9.17, 15) is 35.9 Å². The van der Waals surface area contributed by atoms with Crippen molar-refractivity contribution in [3.63, 3.8) is 0 Å². The summed E-state index contributed by atoms with van der Waals surface area (Å²) in [7, 11) is 0. The van der Waals surface area contributed by atoms with Crippen LogP contribution < -0.4 is 10.6 Å². The molecule has 10 heteroatoms.